The van der Waals surface area contributed by atoms with Crippen molar-refractivity contribution < 1.29 is 0 Å². The van der Waals surface area contributed by atoms with Gasteiger partial charge in [-0.2, -0.15) is 0 Å². The summed E-state index contributed by atoms with van der Waals surface area (Å²) in [5.41, 5.74) is 6.55. The summed E-state index contributed by atoms with van der Waals surface area (Å²) in [6.45, 7) is 16.3. The molecular weight excluding hydrogens is 220 g/mol. The fourth-order valence-corrected chi connectivity index (χ4v) is 2.66. The summed E-state index contributed by atoms with van der Waals surface area (Å²) in [4.78, 5) is 0. The lowest BCUT2D eigenvalue weighted by Crippen LogP contribution is -2.34. The molecule has 0 amide bonds. The van der Waals surface area contributed by atoms with Crippen LogP contribution in [0.25, 0.3) is 6.08 Å². The molecule has 17 heavy (non-hydrogen) atoms. The van der Waals surface area contributed by atoms with Crippen LogP contribution >= 0.6 is 0 Å². The van der Waals surface area contributed by atoms with Crippen molar-refractivity contribution in [2.75, 3.05) is 0 Å². The van der Waals surface area contributed by atoms with Crippen LogP contribution in [0.15, 0.2) is 23.9 Å². The molecule has 1 heteroatoms. The van der Waals surface area contributed by atoms with Gasteiger partial charge in [0.1, 0.15) is 0 Å². The molecule has 1 aromatic carbocycles. The maximum Gasteiger partial charge on any atom is 0.0770 e. The summed E-state index contributed by atoms with van der Waals surface area (Å²) in [7, 11) is -1.30. The van der Waals surface area contributed by atoms with E-state index >= 15 is 0 Å². The van der Waals surface area contributed by atoms with Gasteiger partial charge in [0.25, 0.3) is 0 Å². The Balaban J connectivity index is 2.99. The highest BCUT2D eigenvalue weighted by Crippen LogP contribution is 2.37. The van der Waals surface area contributed by atoms with E-state index in [0.717, 1.165) is 0 Å². The zero-order valence-corrected chi connectivity index (χ0v) is 13.4. The quantitative estimate of drug-likeness (QED) is 0.616. The van der Waals surface area contributed by atoms with Crippen molar-refractivity contribution in [1.29, 1.82) is 0 Å². The third-order valence-electron chi connectivity index (χ3n) is 4.04. The Morgan fingerprint density at radius 3 is 2.12 bits per heavy atom. The van der Waals surface area contributed by atoms with Gasteiger partial charge in [0.15, 0.2) is 0 Å². The lowest BCUT2D eigenvalue weighted by atomic mass is 10.1. The van der Waals surface area contributed by atoms with E-state index in [4.69, 9.17) is 0 Å². The molecule has 0 unspecified atom stereocenters. The summed E-state index contributed by atoms with van der Waals surface area (Å²) >= 11 is 0. The molecule has 0 aliphatic heterocycles. The van der Waals surface area contributed by atoms with Crippen molar-refractivity contribution >= 4 is 14.1 Å². The Bertz CT molecular complexity index is 420. The smallest absolute Gasteiger partial charge is 0.0770 e. The Hall–Kier alpha value is -0.823. The number of aryl methyl sites for hydroxylation is 2. The first-order valence-electron chi connectivity index (χ1n) is 6.40. The number of benzene rings is 1. The molecule has 94 valence electrons. The molecule has 0 spiro atoms. The van der Waals surface area contributed by atoms with Crippen molar-refractivity contribution in [2.24, 2.45) is 0 Å². The molecule has 0 aliphatic rings. The van der Waals surface area contributed by atoms with E-state index in [2.05, 4.69) is 77.7 Å². The Morgan fingerprint density at radius 1 is 1.06 bits per heavy atom. The summed E-state index contributed by atoms with van der Waals surface area (Å²) in [6, 6.07) is 6.68. The minimum absolute atomic E-state index is 0.419. The van der Waals surface area contributed by atoms with Gasteiger partial charge in [0.2, 0.25) is 0 Å². The van der Waals surface area contributed by atoms with Crippen LogP contribution < -0.4 is 0 Å². The largest absolute Gasteiger partial charge is 0.0936 e. The SMILES string of the molecule is Cc1ccc(/C=C/[Si](C)(C)C(C)(C)C)c(C)c1. The predicted molar refractivity (Wildman–Crippen MR) is 82.1 cm³/mol. The topological polar surface area (TPSA) is 0 Å². The second-order valence-electron chi connectivity index (χ2n) is 6.67. The molecule has 0 fully saturated rings. The molecule has 0 nitrogen and oxygen atoms in total. The van der Waals surface area contributed by atoms with Crippen molar-refractivity contribution in [1.82, 2.24) is 0 Å². The highest BCUT2D eigenvalue weighted by Gasteiger charge is 2.32. The van der Waals surface area contributed by atoms with E-state index in [1.807, 2.05) is 0 Å². The van der Waals surface area contributed by atoms with E-state index in [9.17, 15) is 0 Å². The van der Waals surface area contributed by atoms with Crippen LogP contribution in [0.1, 0.15) is 37.5 Å². The van der Waals surface area contributed by atoms with Crippen LogP contribution in [0.2, 0.25) is 18.1 Å². The third-order valence-corrected chi connectivity index (χ3v) is 8.90. The maximum absolute atomic E-state index is 2.48. The van der Waals surface area contributed by atoms with Gasteiger partial charge in [-0.05, 0) is 30.0 Å². The summed E-state index contributed by atoms with van der Waals surface area (Å²) in [6.07, 6.45) is 2.33. The second-order valence-corrected chi connectivity index (χ2v) is 11.9. The van der Waals surface area contributed by atoms with E-state index in [1.54, 1.807) is 0 Å². The molecule has 0 atom stereocenters. The first-order valence-corrected chi connectivity index (χ1v) is 9.48. The fourth-order valence-electron chi connectivity index (χ4n) is 1.56. The molecule has 0 N–H and O–H groups in total. The Kier molecular flexibility index (Phi) is 4.03. The van der Waals surface area contributed by atoms with Crippen LogP contribution in [0.5, 0.6) is 0 Å². The monoisotopic (exact) mass is 246 g/mol. The third kappa shape index (κ3) is 3.57. The minimum atomic E-state index is -1.30. The molecule has 0 heterocycles. The molecule has 1 aromatic rings. The molecular formula is C16H26Si. The summed E-state index contributed by atoms with van der Waals surface area (Å²) < 4.78 is 0. The zero-order valence-electron chi connectivity index (χ0n) is 12.4. The highest BCUT2D eigenvalue weighted by atomic mass is 28.3. The molecule has 0 bridgehead atoms. The van der Waals surface area contributed by atoms with Gasteiger partial charge in [0, 0.05) is 0 Å². The van der Waals surface area contributed by atoms with Gasteiger partial charge in [-0.25, -0.2) is 0 Å². The van der Waals surface area contributed by atoms with Crippen molar-refractivity contribution in [2.45, 2.75) is 52.8 Å². The summed E-state index contributed by atoms with van der Waals surface area (Å²) in [5, 5.41) is 0.419. The van der Waals surface area contributed by atoms with E-state index in [0.29, 0.717) is 5.04 Å². The average molecular weight is 246 g/mol. The average Bonchev–Trinajstić information content (AvgIpc) is 2.14. The second kappa shape index (κ2) is 4.81. The molecule has 1 rings (SSSR count). The molecule has 0 aromatic heterocycles. The number of rotatable bonds is 2. The van der Waals surface area contributed by atoms with Gasteiger partial charge >= 0.3 is 0 Å². The van der Waals surface area contributed by atoms with Gasteiger partial charge < -0.3 is 0 Å². The van der Waals surface area contributed by atoms with Crippen LogP contribution in [-0.2, 0) is 0 Å². The van der Waals surface area contributed by atoms with Crippen molar-refractivity contribution in [3.63, 3.8) is 0 Å². The first-order chi connectivity index (χ1) is 7.63. The van der Waals surface area contributed by atoms with Crippen LogP contribution in [0.4, 0.5) is 0 Å². The zero-order chi connectivity index (χ0) is 13.3. The standard InChI is InChI=1S/C16H26Si/c1-13-8-9-15(14(2)12-13)10-11-17(6,7)16(3,4)5/h8-12H,1-7H3/b11-10+. The minimum Gasteiger partial charge on any atom is -0.0936 e. The normalized spacial score (nSPS) is 13.4. The first kappa shape index (κ1) is 14.2. The highest BCUT2D eigenvalue weighted by molar-refractivity contribution is 6.85. The molecule has 0 saturated carbocycles. The van der Waals surface area contributed by atoms with Crippen molar-refractivity contribution in [3.8, 4) is 0 Å². The van der Waals surface area contributed by atoms with Gasteiger partial charge in [-0.3, -0.25) is 0 Å². The van der Waals surface area contributed by atoms with Gasteiger partial charge in [-0.15, -0.1) is 0 Å². The molecule has 0 saturated heterocycles. The molecule has 0 aliphatic carbocycles. The molecule has 0 radical (unpaired) electrons. The lowest BCUT2D eigenvalue weighted by molar-refractivity contribution is 0.729. The number of hydrogen-bond acceptors (Lipinski definition) is 0. The van der Waals surface area contributed by atoms with E-state index in [-0.39, 0.29) is 0 Å². The fraction of sp³-hybridized carbons (Fsp3) is 0.500. The van der Waals surface area contributed by atoms with Crippen LogP contribution in [0, 0.1) is 13.8 Å². The predicted octanol–water partition coefficient (Wildman–Crippen LogP) is 5.36. The van der Waals surface area contributed by atoms with Gasteiger partial charge in [0.05, 0.1) is 8.07 Å². The number of hydrogen-bond donors (Lipinski definition) is 0. The Labute approximate surface area is 108 Å². The van der Waals surface area contributed by atoms with Crippen molar-refractivity contribution in [3.05, 3.63) is 40.6 Å². The maximum atomic E-state index is 2.48. The van der Waals surface area contributed by atoms with Crippen LogP contribution in [-0.4, -0.2) is 8.07 Å². The van der Waals surface area contributed by atoms with E-state index < -0.39 is 8.07 Å². The Morgan fingerprint density at radius 2 is 1.65 bits per heavy atom. The summed E-state index contributed by atoms with van der Waals surface area (Å²) in [5.74, 6) is 0. The van der Waals surface area contributed by atoms with Gasteiger partial charge in [-0.1, -0.05) is 69.4 Å². The van der Waals surface area contributed by atoms with E-state index in [1.165, 1.54) is 16.7 Å². The lowest BCUT2D eigenvalue weighted by Gasteiger charge is -2.34. The van der Waals surface area contributed by atoms with Crippen LogP contribution in [0.3, 0.4) is 0 Å².